The molecule has 3 heterocycles. The average molecular weight is 540 g/mol. The number of amides is 1. The van der Waals surface area contributed by atoms with Crippen LogP contribution in [0.3, 0.4) is 0 Å². The van der Waals surface area contributed by atoms with Crippen molar-refractivity contribution < 1.29 is 14.3 Å². The lowest BCUT2D eigenvalue weighted by Crippen LogP contribution is -2.30. The summed E-state index contributed by atoms with van der Waals surface area (Å²) in [4.78, 5) is 31.0. The van der Waals surface area contributed by atoms with Crippen molar-refractivity contribution in [3.63, 3.8) is 0 Å². The predicted octanol–water partition coefficient (Wildman–Crippen LogP) is 5.49. The Morgan fingerprint density at radius 3 is 2.62 bits per heavy atom. The zero-order chi connectivity index (χ0) is 27.5. The van der Waals surface area contributed by atoms with Gasteiger partial charge in [0.25, 0.3) is 0 Å². The van der Waals surface area contributed by atoms with Crippen LogP contribution in [0.15, 0.2) is 85.2 Å². The number of nitrogens with one attached hydrogen (secondary N) is 2. The van der Waals surface area contributed by atoms with Gasteiger partial charge in [-0.1, -0.05) is 19.1 Å². The molecular weight excluding hydrogens is 510 g/mol. The van der Waals surface area contributed by atoms with Crippen molar-refractivity contribution in [1.82, 2.24) is 14.9 Å². The largest absolute Gasteiger partial charge is 0.465 e. The second-order valence-electron chi connectivity index (χ2n) is 9.24. The number of carbonyl (C=O) groups is 2. The van der Waals surface area contributed by atoms with Gasteiger partial charge in [0.1, 0.15) is 6.04 Å². The van der Waals surface area contributed by atoms with Gasteiger partial charge in [-0.25, -0.2) is 4.79 Å². The Hall–Kier alpha value is -4.50. The SMILES string of the molecule is CCC(=O)Nc1ccc(N2C(=S)N[C@H](c3ccccn3)[C@H]2c2cccn2-c2cccc(C(=O)OC)c2)cc1C. The number of methoxy groups -OCH3 is 1. The van der Waals surface area contributed by atoms with Crippen LogP contribution >= 0.6 is 12.2 Å². The molecule has 0 unspecified atom stereocenters. The van der Waals surface area contributed by atoms with E-state index in [-0.39, 0.29) is 18.0 Å². The van der Waals surface area contributed by atoms with Crippen molar-refractivity contribution in [2.24, 2.45) is 0 Å². The van der Waals surface area contributed by atoms with E-state index in [0.717, 1.165) is 34.0 Å². The van der Waals surface area contributed by atoms with Crippen molar-refractivity contribution in [2.45, 2.75) is 32.4 Å². The molecular formula is C30H29N5O3S. The van der Waals surface area contributed by atoms with Crippen LogP contribution in [-0.4, -0.2) is 33.6 Å². The third-order valence-electron chi connectivity index (χ3n) is 6.81. The zero-order valence-electron chi connectivity index (χ0n) is 21.9. The van der Waals surface area contributed by atoms with Gasteiger partial charge in [-0.2, -0.15) is 0 Å². The van der Waals surface area contributed by atoms with Crippen molar-refractivity contribution >= 4 is 40.6 Å². The van der Waals surface area contributed by atoms with Crippen LogP contribution in [0, 0.1) is 6.92 Å². The quantitative estimate of drug-likeness (QED) is 0.237. The molecule has 9 heteroatoms. The molecule has 2 N–H and O–H groups in total. The molecule has 2 aromatic carbocycles. The van der Waals surface area contributed by atoms with E-state index in [0.29, 0.717) is 17.1 Å². The van der Waals surface area contributed by atoms with Gasteiger partial charge in [-0.05, 0) is 85.4 Å². The molecule has 0 spiro atoms. The van der Waals surface area contributed by atoms with E-state index in [4.69, 9.17) is 17.0 Å². The van der Waals surface area contributed by atoms with Crippen LogP contribution in [0.25, 0.3) is 5.69 Å². The number of rotatable bonds is 7. The van der Waals surface area contributed by atoms with E-state index in [1.807, 2.05) is 80.7 Å². The summed E-state index contributed by atoms with van der Waals surface area (Å²) in [5, 5.41) is 7.01. The summed E-state index contributed by atoms with van der Waals surface area (Å²) in [5.41, 5.74) is 5.69. The summed E-state index contributed by atoms with van der Waals surface area (Å²) < 4.78 is 6.99. The third-order valence-corrected chi connectivity index (χ3v) is 7.12. The minimum Gasteiger partial charge on any atom is -0.465 e. The molecule has 198 valence electrons. The first-order valence-corrected chi connectivity index (χ1v) is 13.1. The highest BCUT2D eigenvalue weighted by atomic mass is 32.1. The highest BCUT2D eigenvalue weighted by Gasteiger charge is 2.42. The zero-order valence-corrected chi connectivity index (χ0v) is 22.7. The predicted molar refractivity (Wildman–Crippen MR) is 155 cm³/mol. The molecule has 1 amide bonds. The number of aromatic nitrogens is 2. The molecule has 0 saturated carbocycles. The molecule has 8 nitrogen and oxygen atoms in total. The van der Waals surface area contributed by atoms with Crippen LogP contribution < -0.4 is 15.5 Å². The monoisotopic (exact) mass is 539 g/mol. The molecule has 39 heavy (non-hydrogen) atoms. The fourth-order valence-electron chi connectivity index (χ4n) is 4.88. The fraction of sp³-hybridized carbons (Fsp3) is 0.200. The molecule has 0 radical (unpaired) electrons. The van der Waals surface area contributed by atoms with Gasteiger partial charge in [0.15, 0.2) is 5.11 Å². The minimum atomic E-state index is -0.395. The minimum absolute atomic E-state index is 0.0377. The highest BCUT2D eigenvalue weighted by molar-refractivity contribution is 7.80. The van der Waals surface area contributed by atoms with Gasteiger partial charge in [0.2, 0.25) is 5.91 Å². The van der Waals surface area contributed by atoms with Crippen molar-refractivity contribution in [3.05, 3.63) is 108 Å². The first kappa shape index (κ1) is 26.1. The first-order valence-electron chi connectivity index (χ1n) is 12.7. The second-order valence-corrected chi connectivity index (χ2v) is 9.63. The van der Waals surface area contributed by atoms with Gasteiger partial charge < -0.3 is 24.8 Å². The van der Waals surface area contributed by atoms with Crippen molar-refractivity contribution in [3.8, 4) is 5.69 Å². The van der Waals surface area contributed by atoms with E-state index in [9.17, 15) is 9.59 Å². The Morgan fingerprint density at radius 2 is 1.90 bits per heavy atom. The van der Waals surface area contributed by atoms with Crippen LogP contribution in [0.2, 0.25) is 0 Å². The first-order chi connectivity index (χ1) is 18.9. The summed E-state index contributed by atoms with van der Waals surface area (Å²) in [6.45, 7) is 3.79. The molecule has 2 aromatic heterocycles. The number of hydrogen-bond donors (Lipinski definition) is 2. The molecule has 0 bridgehead atoms. The van der Waals surface area contributed by atoms with Crippen LogP contribution in [0.1, 0.15) is 52.7 Å². The number of thiocarbonyl (C=S) groups is 1. The number of benzene rings is 2. The van der Waals surface area contributed by atoms with Gasteiger partial charge in [0.05, 0.1) is 24.4 Å². The lowest BCUT2D eigenvalue weighted by atomic mass is 10.00. The number of pyridine rings is 1. The van der Waals surface area contributed by atoms with E-state index in [1.54, 1.807) is 12.3 Å². The third kappa shape index (κ3) is 5.13. The van der Waals surface area contributed by atoms with E-state index in [2.05, 4.69) is 31.2 Å². The van der Waals surface area contributed by atoms with E-state index < -0.39 is 5.97 Å². The Labute approximate surface area is 232 Å². The molecule has 0 aliphatic carbocycles. The molecule has 2 atom stereocenters. The molecule has 4 aromatic rings. The Balaban J connectivity index is 1.61. The molecule has 1 fully saturated rings. The fourth-order valence-corrected chi connectivity index (χ4v) is 5.23. The maximum atomic E-state index is 12.2. The summed E-state index contributed by atoms with van der Waals surface area (Å²) in [6, 6.07) is 22.6. The maximum absolute atomic E-state index is 12.2. The smallest absolute Gasteiger partial charge is 0.337 e. The Kier molecular flexibility index (Phi) is 7.42. The maximum Gasteiger partial charge on any atom is 0.337 e. The average Bonchev–Trinajstić information content (AvgIpc) is 3.58. The van der Waals surface area contributed by atoms with E-state index >= 15 is 0 Å². The van der Waals surface area contributed by atoms with Gasteiger partial charge in [-0.15, -0.1) is 0 Å². The van der Waals surface area contributed by atoms with Crippen LogP contribution in [0.4, 0.5) is 11.4 Å². The summed E-state index contributed by atoms with van der Waals surface area (Å²) >= 11 is 5.89. The molecule has 5 rings (SSSR count). The Bertz CT molecular complexity index is 1530. The number of aryl methyl sites for hydroxylation is 1. The highest BCUT2D eigenvalue weighted by Crippen LogP contribution is 2.43. The molecule has 1 aliphatic rings. The number of esters is 1. The normalized spacial score (nSPS) is 16.6. The van der Waals surface area contributed by atoms with Crippen molar-refractivity contribution in [2.75, 3.05) is 17.3 Å². The number of nitrogens with zero attached hydrogens (tertiary/aromatic N) is 3. The van der Waals surface area contributed by atoms with Crippen LogP contribution in [-0.2, 0) is 9.53 Å². The standard InChI is InChI=1S/C30H29N5O3S/c1-4-26(36)32-23-14-13-22(17-19(23)2)35-28(27(33-30(35)39)24-11-5-6-15-31-24)25-12-8-16-34(25)21-10-7-9-20(18-21)29(37)38-3/h5-18,27-28H,4H2,1-3H3,(H,32,36)(H,33,39)/t27-,28-/m1/s1. The van der Waals surface area contributed by atoms with E-state index in [1.165, 1.54) is 7.11 Å². The van der Waals surface area contributed by atoms with Crippen molar-refractivity contribution in [1.29, 1.82) is 0 Å². The van der Waals surface area contributed by atoms with Gasteiger partial charge in [0, 0.05) is 41.6 Å². The summed E-state index contributed by atoms with van der Waals surface area (Å²) in [5.74, 6) is -0.433. The van der Waals surface area contributed by atoms with Gasteiger partial charge >= 0.3 is 5.97 Å². The lowest BCUT2D eigenvalue weighted by Gasteiger charge is -2.29. The number of hydrogen-bond acceptors (Lipinski definition) is 5. The number of carbonyl (C=O) groups excluding carboxylic acids is 2. The lowest BCUT2D eigenvalue weighted by molar-refractivity contribution is -0.115. The molecule has 1 aliphatic heterocycles. The second kappa shape index (κ2) is 11.1. The summed E-state index contributed by atoms with van der Waals surface area (Å²) in [6.07, 6.45) is 4.15. The topological polar surface area (TPSA) is 88.5 Å². The summed E-state index contributed by atoms with van der Waals surface area (Å²) in [7, 11) is 1.37. The molecule has 1 saturated heterocycles. The number of ether oxygens (including phenoxy) is 1. The Morgan fingerprint density at radius 1 is 1.05 bits per heavy atom. The van der Waals surface area contributed by atoms with Gasteiger partial charge in [-0.3, -0.25) is 9.78 Å². The van der Waals surface area contributed by atoms with Crippen LogP contribution in [0.5, 0.6) is 0 Å². The number of anilines is 2.